The molecule has 3 aliphatic rings. The average molecular weight is 294 g/mol. The molecule has 2 N–H and O–H groups in total. The minimum atomic E-state index is -0.00350. The third-order valence-corrected chi connectivity index (χ3v) is 4.88. The number of piperazine rings is 1. The smallest absolute Gasteiger partial charge is 0.239 e. The lowest BCUT2D eigenvalue weighted by molar-refractivity contribution is -0.141. The number of nitrogens with zero attached hydrogens (tertiary/aromatic N) is 2. The van der Waals surface area contributed by atoms with E-state index in [1.807, 2.05) is 9.80 Å². The summed E-state index contributed by atoms with van der Waals surface area (Å²) in [6, 6.07) is 0.206. The lowest BCUT2D eigenvalue weighted by atomic mass is 9.99. The highest BCUT2D eigenvalue weighted by Crippen LogP contribution is 2.19. The van der Waals surface area contributed by atoms with Gasteiger partial charge in [0.25, 0.3) is 0 Å². The molecule has 0 radical (unpaired) electrons. The molecule has 0 saturated carbocycles. The van der Waals surface area contributed by atoms with Crippen molar-refractivity contribution in [2.45, 2.75) is 44.2 Å². The monoisotopic (exact) mass is 294 g/mol. The Bertz CT molecular complexity index is 395. The summed E-state index contributed by atoms with van der Waals surface area (Å²) in [6.07, 6.45) is 5.28. The van der Waals surface area contributed by atoms with E-state index in [1.54, 1.807) is 0 Å². The molecule has 3 saturated heterocycles. The van der Waals surface area contributed by atoms with Gasteiger partial charge in [0.1, 0.15) is 0 Å². The predicted molar refractivity (Wildman–Crippen MR) is 79.8 cm³/mol. The first kappa shape index (κ1) is 14.8. The lowest BCUT2D eigenvalue weighted by Gasteiger charge is -2.42. The molecule has 3 aliphatic heterocycles. The number of hydrogen-bond acceptors (Lipinski definition) is 4. The van der Waals surface area contributed by atoms with Gasteiger partial charge in [-0.1, -0.05) is 6.42 Å². The van der Waals surface area contributed by atoms with Crippen molar-refractivity contribution in [3.05, 3.63) is 0 Å². The number of carbonyl (C=O) groups is 2. The van der Waals surface area contributed by atoms with Crippen LogP contribution in [0.25, 0.3) is 0 Å². The van der Waals surface area contributed by atoms with Crippen molar-refractivity contribution in [1.29, 1.82) is 0 Å². The number of likely N-dealkylation sites (tertiary alicyclic amines) is 1. The lowest BCUT2D eigenvalue weighted by Crippen LogP contribution is -2.59. The molecule has 2 amide bonds. The van der Waals surface area contributed by atoms with Crippen LogP contribution in [0.3, 0.4) is 0 Å². The summed E-state index contributed by atoms with van der Waals surface area (Å²) >= 11 is 0. The molecule has 0 bridgehead atoms. The van der Waals surface area contributed by atoms with E-state index < -0.39 is 0 Å². The van der Waals surface area contributed by atoms with E-state index in [0.717, 1.165) is 51.9 Å². The van der Waals surface area contributed by atoms with Crippen LogP contribution in [0.5, 0.6) is 0 Å². The van der Waals surface area contributed by atoms with Crippen LogP contribution in [0.2, 0.25) is 0 Å². The van der Waals surface area contributed by atoms with Gasteiger partial charge in [0.2, 0.25) is 11.8 Å². The van der Waals surface area contributed by atoms with Crippen LogP contribution in [0.4, 0.5) is 0 Å². The summed E-state index contributed by atoms with van der Waals surface area (Å²) in [5.74, 6) is 0.415. The van der Waals surface area contributed by atoms with Crippen LogP contribution in [-0.4, -0.2) is 73.0 Å². The summed E-state index contributed by atoms with van der Waals surface area (Å²) in [7, 11) is 0. The molecule has 2 atom stereocenters. The topological polar surface area (TPSA) is 64.7 Å². The maximum absolute atomic E-state index is 12.6. The highest BCUT2D eigenvalue weighted by Gasteiger charge is 2.34. The molecule has 21 heavy (non-hydrogen) atoms. The van der Waals surface area contributed by atoms with E-state index in [2.05, 4.69) is 10.6 Å². The maximum Gasteiger partial charge on any atom is 0.239 e. The van der Waals surface area contributed by atoms with Crippen LogP contribution in [-0.2, 0) is 9.59 Å². The average Bonchev–Trinajstić information content (AvgIpc) is 2.55. The fourth-order valence-electron chi connectivity index (χ4n) is 3.70. The third kappa shape index (κ3) is 3.37. The van der Waals surface area contributed by atoms with Gasteiger partial charge in [0, 0.05) is 32.2 Å². The van der Waals surface area contributed by atoms with Crippen molar-refractivity contribution >= 4 is 11.8 Å². The highest BCUT2D eigenvalue weighted by atomic mass is 16.2. The number of nitrogens with one attached hydrogen (secondary N) is 2. The second kappa shape index (κ2) is 6.75. The van der Waals surface area contributed by atoms with Gasteiger partial charge in [-0.3, -0.25) is 9.59 Å². The Balaban J connectivity index is 1.59. The summed E-state index contributed by atoms with van der Waals surface area (Å²) < 4.78 is 0. The maximum atomic E-state index is 12.6. The molecule has 3 fully saturated rings. The van der Waals surface area contributed by atoms with Gasteiger partial charge in [-0.15, -0.1) is 0 Å². The minimum absolute atomic E-state index is 0.00350. The summed E-state index contributed by atoms with van der Waals surface area (Å²) in [6.45, 7) is 4.57. The minimum Gasteiger partial charge on any atom is -0.339 e. The zero-order valence-corrected chi connectivity index (χ0v) is 12.6. The van der Waals surface area contributed by atoms with Crippen LogP contribution >= 0.6 is 0 Å². The second-order valence-corrected chi connectivity index (χ2v) is 6.35. The van der Waals surface area contributed by atoms with E-state index in [4.69, 9.17) is 0 Å². The SMILES string of the molecule is O=C([C@H]1CCCCN1)N1CCCC(N2CCNCC2=O)C1. The van der Waals surface area contributed by atoms with E-state index in [1.165, 1.54) is 6.42 Å². The molecular weight excluding hydrogens is 268 g/mol. The molecule has 3 rings (SSSR count). The number of amides is 2. The van der Waals surface area contributed by atoms with Gasteiger partial charge < -0.3 is 20.4 Å². The van der Waals surface area contributed by atoms with Crippen molar-refractivity contribution in [3.8, 4) is 0 Å². The Morgan fingerprint density at radius 3 is 2.76 bits per heavy atom. The first-order chi connectivity index (χ1) is 10.3. The van der Waals surface area contributed by atoms with Gasteiger partial charge in [0.05, 0.1) is 12.6 Å². The molecule has 0 spiro atoms. The van der Waals surface area contributed by atoms with E-state index in [9.17, 15) is 9.59 Å². The molecule has 0 aromatic carbocycles. The normalized spacial score (nSPS) is 31.3. The van der Waals surface area contributed by atoms with Gasteiger partial charge in [-0.25, -0.2) is 0 Å². The van der Waals surface area contributed by atoms with E-state index in [0.29, 0.717) is 13.1 Å². The molecule has 0 aromatic rings. The first-order valence-corrected chi connectivity index (χ1v) is 8.28. The number of piperidine rings is 2. The van der Waals surface area contributed by atoms with Crippen LogP contribution in [0, 0.1) is 0 Å². The predicted octanol–water partition coefficient (Wildman–Crippen LogP) is -0.449. The third-order valence-electron chi connectivity index (χ3n) is 4.88. The summed E-state index contributed by atoms with van der Waals surface area (Å²) in [5.41, 5.74) is 0. The van der Waals surface area contributed by atoms with E-state index in [-0.39, 0.29) is 23.9 Å². The summed E-state index contributed by atoms with van der Waals surface area (Å²) in [5, 5.41) is 6.45. The molecule has 6 heteroatoms. The Hall–Kier alpha value is -1.14. The molecule has 0 aromatic heterocycles. The fraction of sp³-hybridized carbons (Fsp3) is 0.867. The van der Waals surface area contributed by atoms with Crippen molar-refractivity contribution in [3.63, 3.8) is 0 Å². The number of rotatable bonds is 2. The molecular formula is C15H26N4O2. The van der Waals surface area contributed by atoms with Crippen molar-refractivity contribution < 1.29 is 9.59 Å². The molecule has 1 unspecified atom stereocenters. The standard InChI is InChI=1S/C15H26N4O2/c20-14-10-16-7-9-19(14)12-4-3-8-18(11-12)15(21)13-5-1-2-6-17-13/h12-13,16-17H,1-11H2/t12?,13-/m1/s1. The van der Waals surface area contributed by atoms with Crippen molar-refractivity contribution in [1.82, 2.24) is 20.4 Å². The van der Waals surface area contributed by atoms with Crippen LogP contribution in [0.15, 0.2) is 0 Å². The van der Waals surface area contributed by atoms with Crippen molar-refractivity contribution in [2.24, 2.45) is 0 Å². The van der Waals surface area contributed by atoms with Gasteiger partial charge >= 0.3 is 0 Å². The second-order valence-electron chi connectivity index (χ2n) is 6.35. The molecule has 118 valence electrons. The van der Waals surface area contributed by atoms with Gasteiger partial charge in [0.15, 0.2) is 0 Å². The van der Waals surface area contributed by atoms with Gasteiger partial charge in [-0.2, -0.15) is 0 Å². The first-order valence-electron chi connectivity index (χ1n) is 8.28. The molecule has 3 heterocycles. The van der Waals surface area contributed by atoms with Gasteiger partial charge in [-0.05, 0) is 32.2 Å². The fourth-order valence-corrected chi connectivity index (χ4v) is 3.70. The quantitative estimate of drug-likeness (QED) is 0.724. The number of carbonyl (C=O) groups excluding carboxylic acids is 2. The zero-order chi connectivity index (χ0) is 14.7. The van der Waals surface area contributed by atoms with Crippen molar-refractivity contribution in [2.75, 3.05) is 39.3 Å². The molecule has 6 nitrogen and oxygen atoms in total. The Morgan fingerprint density at radius 2 is 2.00 bits per heavy atom. The molecule has 0 aliphatic carbocycles. The summed E-state index contributed by atoms with van der Waals surface area (Å²) in [4.78, 5) is 28.6. The Morgan fingerprint density at radius 1 is 1.10 bits per heavy atom. The Kier molecular flexibility index (Phi) is 4.75. The van der Waals surface area contributed by atoms with Crippen LogP contribution < -0.4 is 10.6 Å². The zero-order valence-electron chi connectivity index (χ0n) is 12.6. The van der Waals surface area contributed by atoms with Crippen LogP contribution in [0.1, 0.15) is 32.1 Å². The Labute approximate surface area is 126 Å². The largest absolute Gasteiger partial charge is 0.339 e. The number of hydrogen-bond donors (Lipinski definition) is 2. The van der Waals surface area contributed by atoms with E-state index >= 15 is 0 Å². The highest BCUT2D eigenvalue weighted by molar-refractivity contribution is 5.82.